The van der Waals surface area contributed by atoms with Crippen molar-refractivity contribution >= 4 is 11.8 Å². The first-order valence-electron chi connectivity index (χ1n) is 7.24. The van der Waals surface area contributed by atoms with Crippen molar-refractivity contribution in [2.75, 3.05) is 25.5 Å². The number of nitrogens with one attached hydrogen (secondary N) is 4. The molecular formula is C14H19N9. The second-order valence-corrected chi connectivity index (χ2v) is 4.55. The first-order valence-corrected chi connectivity index (χ1v) is 7.24. The fraction of sp³-hybridized carbons (Fsp3) is 0.357. The van der Waals surface area contributed by atoms with E-state index in [1.165, 1.54) is 0 Å². The van der Waals surface area contributed by atoms with Crippen LogP contribution in [0.3, 0.4) is 0 Å². The number of guanidine groups is 1. The summed E-state index contributed by atoms with van der Waals surface area (Å²) in [6.07, 6.45) is 4.17. The van der Waals surface area contributed by atoms with Gasteiger partial charge in [-0.25, -0.2) is 9.97 Å². The number of anilines is 1. The van der Waals surface area contributed by atoms with Crippen molar-refractivity contribution in [2.45, 2.75) is 13.3 Å². The van der Waals surface area contributed by atoms with Gasteiger partial charge in [0.1, 0.15) is 11.6 Å². The zero-order valence-electron chi connectivity index (χ0n) is 13.1. The van der Waals surface area contributed by atoms with Gasteiger partial charge in [-0.05, 0) is 19.1 Å². The average molecular weight is 313 g/mol. The van der Waals surface area contributed by atoms with Crippen molar-refractivity contribution in [1.29, 1.82) is 5.26 Å². The lowest BCUT2D eigenvalue weighted by atomic mass is 10.2. The molecule has 0 amide bonds. The van der Waals surface area contributed by atoms with E-state index >= 15 is 0 Å². The predicted octanol–water partition coefficient (Wildman–Crippen LogP) is 0.487. The highest BCUT2D eigenvalue weighted by Gasteiger charge is 2.07. The highest BCUT2D eigenvalue weighted by atomic mass is 15.2. The molecule has 0 radical (unpaired) electrons. The number of pyridine rings is 1. The maximum absolute atomic E-state index is 8.55. The molecule has 0 spiro atoms. The molecule has 0 saturated carbocycles. The molecule has 0 aliphatic carbocycles. The molecular weight excluding hydrogens is 294 g/mol. The van der Waals surface area contributed by atoms with E-state index in [0.717, 1.165) is 23.8 Å². The molecule has 0 aliphatic heterocycles. The van der Waals surface area contributed by atoms with Crippen LogP contribution in [0.15, 0.2) is 23.3 Å². The number of aromatic amines is 1. The van der Waals surface area contributed by atoms with Gasteiger partial charge in [-0.15, -0.1) is 0 Å². The van der Waals surface area contributed by atoms with E-state index in [1.54, 1.807) is 13.2 Å². The Morgan fingerprint density at radius 2 is 2.35 bits per heavy atom. The summed E-state index contributed by atoms with van der Waals surface area (Å²) >= 11 is 0. The zero-order chi connectivity index (χ0) is 16.5. The highest BCUT2D eigenvalue weighted by Crippen LogP contribution is 2.17. The smallest absolute Gasteiger partial charge is 0.204 e. The van der Waals surface area contributed by atoms with Crippen molar-refractivity contribution in [2.24, 2.45) is 4.99 Å². The van der Waals surface area contributed by atoms with Crippen LogP contribution in [0, 0.1) is 11.5 Å². The van der Waals surface area contributed by atoms with Crippen molar-refractivity contribution < 1.29 is 0 Å². The SMILES string of the molecule is CCNc1cc(-c2n[nH]c(CCNC(=NC)NC#N)n2)ccn1. The molecule has 0 atom stereocenters. The Bertz CT molecular complexity index is 698. The number of aliphatic imine (C=N–C) groups is 1. The van der Waals surface area contributed by atoms with Crippen LogP contribution in [0.1, 0.15) is 12.7 Å². The lowest BCUT2D eigenvalue weighted by Gasteiger charge is -2.04. The van der Waals surface area contributed by atoms with Gasteiger partial charge in [-0.1, -0.05) is 0 Å². The van der Waals surface area contributed by atoms with Crippen LogP contribution in [0.5, 0.6) is 0 Å². The lowest BCUT2D eigenvalue weighted by molar-refractivity contribution is 0.799. The van der Waals surface area contributed by atoms with Gasteiger partial charge in [0.25, 0.3) is 0 Å². The number of nitriles is 1. The van der Waals surface area contributed by atoms with Crippen molar-refractivity contribution in [3.8, 4) is 17.6 Å². The van der Waals surface area contributed by atoms with Crippen molar-refractivity contribution in [1.82, 2.24) is 30.8 Å². The third kappa shape index (κ3) is 4.67. The summed E-state index contributed by atoms with van der Waals surface area (Å²) in [5.74, 6) is 2.60. The van der Waals surface area contributed by atoms with E-state index in [9.17, 15) is 0 Å². The molecule has 23 heavy (non-hydrogen) atoms. The summed E-state index contributed by atoms with van der Waals surface area (Å²) in [6, 6.07) is 3.78. The number of nitrogens with zero attached hydrogens (tertiary/aromatic N) is 5. The van der Waals surface area contributed by atoms with Crippen molar-refractivity contribution in [3.63, 3.8) is 0 Å². The van der Waals surface area contributed by atoms with Crippen molar-refractivity contribution in [3.05, 3.63) is 24.2 Å². The monoisotopic (exact) mass is 313 g/mol. The fourth-order valence-corrected chi connectivity index (χ4v) is 1.92. The minimum atomic E-state index is 0.427. The predicted molar refractivity (Wildman–Crippen MR) is 87.6 cm³/mol. The molecule has 0 aromatic carbocycles. The van der Waals surface area contributed by atoms with Crippen LogP contribution in [0.2, 0.25) is 0 Å². The van der Waals surface area contributed by atoms with Gasteiger partial charge in [-0.3, -0.25) is 15.4 Å². The summed E-state index contributed by atoms with van der Waals surface area (Å²) < 4.78 is 0. The van der Waals surface area contributed by atoms with Crippen LogP contribution < -0.4 is 16.0 Å². The quantitative estimate of drug-likeness (QED) is 0.264. The van der Waals surface area contributed by atoms with Gasteiger partial charge in [-0.2, -0.15) is 10.4 Å². The van der Waals surface area contributed by atoms with Gasteiger partial charge in [0, 0.05) is 38.3 Å². The first-order chi connectivity index (χ1) is 11.3. The number of hydrogen-bond acceptors (Lipinski definition) is 6. The topological polar surface area (TPSA) is 127 Å². The molecule has 2 aromatic rings. The van der Waals surface area contributed by atoms with Crippen LogP contribution in [0.25, 0.3) is 11.4 Å². The summed E-state index contributed by atoms with van der Waals surface area (Å²) in [5, 5.41) is 24.3. The molecule has 9 heteroatoms. The Hall–Kier alpha value is -3.15. The van der Waals surface area contributed by atoms with Gasteiger partial charge in [0.05, 0.1) is 0 Å². The van der Waals surface area contributed by atoms with E-state index in [2.05, 4.69) is 41.1 Å². The zero-order valence-corrected chi connectivity index (χ0v) is 13.1. The van der Waals surface area contributed by atoms with E-state index in [-0.39, 0.29) is 0 Å². The third-order valence-corrected chi connectivity index (χ3v) is 2.96. The molecule has 4 N–H and O–H groups in total. The summed E-state index contributed by atoms with van der Waals surface area (Å²) in [6.45, 7) is 3.40. The Balaban J connectivity index is 1.95. The van der Waals surface area contributed by atoms with E-state index in [4.69, 9.17) is 5.26 Å². The molecule has 0 fully saturated rings. The van der Waals surface area contributed by atoms with E-state index in [0.29, 0.717) is 24.7 Å². The van der Waals surface area contributed by atoms with Gasteiger partial charge >= 0.3 is 0 Å². The molecule has 120 valence electrons. The summed E-state index contributed by atoms with van der Waals surface area (Å²) in [7, 11) is 1.60. The van der Waals surface area contributed by atoms with Gasteiger partial charge < -0.3 is 10.6 Å². The lowest BCUT2D eigenvalue weighted by Crippen LogP contribution is -2.35. The average Bonchev–Trinajstić information content (AvgIpc) is 3.03. The number of rotatable bonds is 6. The molecule has 2 rings (SSSR count). The molecule has 0 aliphatic rings. The Kier molecular flexibility index (Phi) is 5.88. The Labute approximate surface area is 134 Å². The normalized spacial score (nSPS) is 10.9. The highest BCUT2D eigenvalue weighted by molar-refractivity contribution is 5.80. The minimum Gasteiger partial charge on any atom is -0.370 e. The molecule has 2 aromatic heterocycles. The van der Waals surface area contributed by atoms with Gasteiger partial charge in [0.2, 0.25) is 5.96 Å². The molecule has 0 unspecified atom stereocenters. The maximum Gasteiger partial charge on any atom is 0.204 e. The fourth-order valence-electron chi connectivity index (χ4n) is 1.92. The van der Waals surface area contributed by atoms with Crippen LogP contribution in [-0.4, -0.2) is 46.3 Å². The van der Waals surface area contributed by atoms with Crippen LogP contribution in [-0.2, 0) is 6.42 Å². The Morgan fingerprint density at radius 3 is 3.09 bits per heavy atom. The number of hydrogen-bond donors (Lipinski definition) is 4. The van der Waals surface area contributed by atoms with E-state index in [1.807, 2.05) is 25.2 Å². The summed E-state index contributed by atoms with van der Waals surface area (Å²) in [5.41, 5.74) is 0.897. The first kappa shape index (κ1) is 16.2. The second kappa shape index (κ2) is 8.33. The summed E-state index contributed by atoms with van der Waals surface area (Å²) in [4.78, 5) is 12.6. The maximum atomic E-state index is 8.55. The van der Waals surface area contributed by atoms with Gasteiger partial charge in [0.15, 0.2) is 12.0 Å². The number of aromatic nitrogens is 4. The molecule has 2 heterocycles. The standard InChI is InChI=1S/C14H19N9/c1-3-17-12-8-10(4-6-18-12)13-21-11(22-23-13)5-7-19-14(16-2)20-9-15/h4,6,8H,3,5,7H2,1-2H3,(H,17,18)(H2,16,19,20)(H,21,22,23). The minimum absolute atomic E-state index is 0.427. The molecule has 9 nitrogen and oxygen atoms in total. The van der Waals surface area contributed by atoms with Crippen LogP contribution >= 0.6 is 0 Å². The Morgan fingerprint density at radius 1 is 1.48 bits per heavy atom. The third-order valence-electron chi connectivity index (χ3n) is 2.96. The molecule has 0 bridgehead atoms. The molecule has 0 saturated heterocycles. The van der Waals surface area contributed by atoms with Crippen LogP contribution in [0.4, 0.5) is 5.82 Å². The largest absolute Gasteiger partial charge is 0.370 e. The second-order valence-electron chi connectivity index (χ2n) is 4.55. The van der Waals surface area contributed by atoms with E-state index < -0.39 is 0 Å². The number of H-pyrrole nitrogens is 1.